The molecule has 0 aliphatic heterocycles. The van der Waals surface area contributed by atoms with Crippen molar-refractivity contribution in [3.8, 4) is 0 Å². The molecule has 1 aromatic rings. The van der Waals surface area contributed by atoms with Crippen molar-refractivity contribution in [3.63, 3.8) is 0 Å². The number of hydrogen-bond donors (Lipinski definition) is 1. The Kier molecular flexibility index (Phi) is 5.67. The summed E-state index contributed by atoms with van der Waals surface area (Å²) in [6, 6.07) is 5.06. The number of nitrogens with one attached hydrogen (secondary N) is 1. The maximum absolute atomic E-state index is 14.5. The van der Waals surface area contributed by atoms with Crippen LogP contribution < -0.4 is 5.32 Å². The van der Waals surface area contributed by atoms with Gasteiger partial charge in [-0.15, -0.1) is 0 Å². The highest BCUT2D eigenvalue weighted by Crippen LogP contribution is 2.44. The van der Waals surface area contributed by atoms with Crippen LogP contribution in [0.5, 0.6) is 0 Å². The molecule has 0 atom stereocenters. The zero-order valence-corrected chi connectivity index (χ0v) is 14.1. The molecule has 1 aromatic carbocycles. The molecule has 1 saturated carbocycles. The summed E-state index contributed by atoms with van der Waals surface area (Å²) in [5, 5.41) is 4.12. The topological polar surface area (TPSA) is 12.0 Å². The van der Waals surface area contributed by atoms with Gasteiger partial charge >= 0.3 is 0 Å². The van der Waals surface area contributed by atoms with Crippen LogP contribution in [0.4, 0.5) is 4.39 Å². The number of benzene rings is 1. The molecule has 0 saturated heterocycles. The van der Waals surface area contributed by atoms with E-state index in [2.05, 4.69) is 26.1 Å². The predicted molar refractivity (Wildman–Crippen MR) is 88.4 cm³/mol. The lowest BCUT2D eigenvalue weighted by atomic mass is 9.66. The van der Waals surface area contributed by atoms with Crippen LogP contribution in [0.1, 0.15) is 52.0 Å². The van der Waals surface area contributed by atoms with Crippen LogP contribution in [0.2, 0.25) is 5.02 Å². The van der Waals surface area contributed by atoms with Crippen LogP contribution in [0, 0.1) is 17.7 Å². The van der Waals surface area contributed by atoms with E-state index in [4.69, 9.17) is 11.6 Å². The second kappa shape index (κ2) is 7.11. The van der Waals surface area contributed by atoms with E-state index in [1.54, 1.807) is 12.1 Å². The normalized spacial score (nSPS) is 26.3. The summed E-state index contributed by atoms with van der Waals surface area (Å²) in [6.07, 6.45) is 4.32. The Morgan fingerprint density at radius 3 is 2.57 bits per heavy atom. The van der Waals surface area contributed by atoms with E-state index in [9.17, 15) is 4.39 Å². The molecular weight excluding hydrogens is 285 g/mol. The van der Waals surface area contributed by atoms with E-state index >= 15 is 0 Å². The van der Waals surface area contributed by atoms with Crippen molar-refractivity contribution in [2.24, 2.45) is 11.8 Å². The lowest BCUT2D eigenvalue weighted by molar-refractivity contribution is 0.226. The summed E-state index contributed by atoms with van der Waals surface area (Å²) < 4.78 is 14.5. The lowest BCUT2D eigenvalue weighted by Gasteiger charge is -2.41. The Labute approximate surface area is 133 Å². The Morgan fingerprint density at radius 2 is 2.00 bits per heavy atom. The summed E-state index contributed by atoms with van der Waals surface area (Å²) in [4.78, 5) is 0. The van der Waals surface area contributed by atoms with Crippen LogP contribution >= 0.6 is 11.6 Å². The largest absolute Gasteiger partial charge is 0.316 e. The van der Waals surface area contributed by atoms with Gasteiger partial charge in [0.15, 0.2) is 0 Å². The third-order valence-corrected chi connectivity index (χ3v) is 5.06. The van der Waals surface area contributed by atoms with Gasteiger partial charge in [-0.1, -0.05) is 38.4 Å². The van der Waals surface area contributed by atoms with Gasteiger partial charge in [0.2, 0.25) is 0 Å². The van der Waals surface area contributed by atoms with Gasteiger partial charge < -0.3 is 5.32 Å². The predicted octanol–water partition coefficient (Wildman–Crippen LogP) is 5.17. The molecule has 1 aliphatic rings. The van der Waals surface area contributed by atoms with Crippen molar-refractivity contribution in [1.82, 2.24) is 5.32 Å². The van der Waals surface area contributed by atoms with Gasteiger partial charge in [0.05, 0.1) is 0 Å². The fraction of sp³-hybridized carbons (Fsp3) is 0.667. The van der Waals surface area contributed by atoms with E-state index in [0.717, 1.165) is 50.3 Å². The average Bonchev–Trinajstić information content (AvgIpc) is 2.41. The maximum atomic E-state index is 14.5. The summed E-state index contributed by atoms with van der Waals surface area (Å²) in [5.74, 6) is 1.18. The van der Waals surface area contributed by atoms with E-state index in [-0.39, 0.29) is 11.2 Å². The first-order valence-corrected chi connectivity index (χ1v) is 8.47. The summed E-state index contributed by atoms with van der Waals surface area (Å²) in [6.45, 7) is 8.45. The summed E-state index contributed by atoms with van der Waals surface area (Å²) >= 11 is 6.36. The third kappa shape index (κ3) is 3.98. The Bertz CT molecular complexity index is 444. The van der Waals surface area contributed by atoms with Gasteiger partial charge in [0.1, 0.15) is 5.82 Å². The average molecular weight is 312 g/mol. The van der Waals surface area contributed by atoms with Gasteiger partial charge in [0.25, 0.3) is 0 Å². The van der Waals surface area contributed by atoms with Crippen LogP contribution in [-0.4, -0.2) is 13.1 Å². The Balaban J connectivity index is 2.27. The van der Waals surface area contributed by atoms with Gasteiger partial charge in [0, 0.05) is 22.5 Å². The maximum Gasteiger partial charge on any atom is 0.128 e. The monoisotopic (exact) mass is 311 g/mol. The molecule has 1 N–H and O–H groups in total. The van der Waals surface area contributed by atoms with Gasteiger partial charge in [-0.05, 0) is 56.2 Å². The fourth-order valence-electron chi connectivity index (χ4n) is 3.43. The van der Waals surface area contributed by atoms with E-state index in [0.29, 0.717) is 10.9 Å². The molecule has 2 rings (SSSR count). The molecule has 0 unspecified atom stereocenters. The third-order valence-electron chi connectivity index (χ3n) is 4.74. The first-order chi connectivity index (χ1) is 9.94. The molecule has 21 heavy (non-hydrogen) atoms. The van der Waals surface area contributed by atoms with Gasteiger partial charge in [-0.3, -0.25) is 0 Å². The quantitative estimate of drug-likeness (QED) is 0.790. The molecule has 0 aromatic heterocycles. The molecule has 118 valence electrons. The standard InChI is InChI=1S/C18H27ClFN/c1-13(2)11-21-12-18(9-7-14(3)8-10-18)17-15(19)5-4-6-16(17)20/h4-6,13-14,21H,7-12H2,1-3H3. The van der Waals surface area contributed by atoms with Crippen molar-refractivity contribution >= 4 is 11.6 Å². The zero-order chi connectivity index (χ0) is 15.5. The van der Waals surface area contributed by atoms with Crippen molar-refractivity contribution in [2.45, 2.75) is 51.9 Å². The van der Waals surface area contributed by atoms with E-state index < -0.39 is 0 Å². The number of rotatable bonds is 5. The fourth-order valence-corrected chi connectivity index (χ4v) is 3.80. The minimum atomic E-state index is -0.150. The molecule has 1 fully saturated rings. The highest BCUT2D eigenvalue weighted by Gasteiger charge is 2.38. The molecular formula is C18H27ClFN. The van der Waals surface area contributed by atoms with Gasteiger partial charge in [-0.25, -0.2) is 4.39 Å². The smallest absolute Gasteiger partial charge is 0.128 e. The Hall–Kier alpha value is -0.600. The highest BCUT2D eigenvalue weighted by molar-refractivity contribution is 6.31. The van der Waals surface area contributed by atoms with Crippen molar-refractivity contribution < 1.29 is 4.39 Å². The van der Waals surface area contributed by atoms with E-state index in [1.165, 1.54) is 0 Å². The Morgan fingerprint density at radius 1 is 1.33 bits per heavy atom. The minimum Gasteiger partial charge on any atom is -0.316 e. The molecule has 0 spiro atoms. The minimum absolute atomic E-state index is 0.149. The van der Waals surface area contributed by atoms with Crippen LogP contribution in [0.25, 0.3) is 0 Å². The lowest BCUT2D eigenvalue weighted by Crippen LogP contribution is -2.43. The second-order valence-corrected chi connectivity index (χ2v) is 7.49. The summed E-state index contributed by atoms with van der Waals surface area (Å²) in [5.41, 5.74) is 0.582. The van der Waals surface area contributed by atoms with Crippen molar-refractivity contribution in [2.75, 3.05) is 13.1 Å². The van der Waals surface area contributed by atoms with Gasteiger partial charge in [-0.2, -0.15) is 0 Å². The highest BCUT2D eigenvalue weighted by atomic mass is 35.5. The molecule has 0 bridgehead atoms. The zero-order valence-electron chi connectivity index (χ0n) is 13.4. The SMILES string of the molecule is CC(C)CNCC1(c2c(F)cccc2Cl)CCC(C)CC1. The first-order valence-electron chi connectivity index (χ1n) is 8.10. The molecule has 1 aliphatic carbocycles. The molecule has 1 nitrogen and oxygen atoms in total. The first kappa shape index (κ1) is 16.8. The van der Waals surface area contributed by atoms with Crippen molar-refractivity contribution in [1.29, 1.82) is 0 Å². The van der Waals surface area contributed by atoms with Crippen LogP contribution in [-0.2, 0) is 5.41 Å². The van der Waals surface area contributed by atoms with Crippen LogP contribution in [0.15, 0.2) is 18.2 Å². The molecule has 0 heterocycles. The number of hydrogen-bond acceptors (Lipinski definition) is 1. The summed E-state index contributed by atoms with van der Waals surface area (Å²) in [7, 11) is 0. The van der Waals surface area contributed by atoms with E-state index in [1.807, 2.05) is 6.07 Å². The number of halogens is 2. The molecule has 3 heteroatoms. The molecule has 0 amide bonds. The van der Waals surface area contributed by atoms with Crippen molar-refractivity contribution in [3.05, 3.63) is 34.6 Å². The second-order valence-electron chi connectivity index (χ2n) is 7.08. The molecule has 0 radical (unpaired) electrons. The van der Waals surface area contributed by atoms with Crippen LogP contribution in [0.3, 0.4) is 0 Å².